The van der Waals surface area contributed by atoms with Crippen LogP contribution in [0.5, 0.6) is 0 Å². The molecule has 172 valence electrons. The highest BCUT2D eigenvalue weighted by atomic mass is 16.5. The number of rotatable bonds is 10. The minimum atomic E-state index is -2.74. The van der Waals surface area contributed by atoms with Gasteiger partial charge >= 0.3 is 43.1 Å². The number of carbonyl (C=O) groups is 6. The molecule has 0 aromatic rings. The van der Waals surface area contributed by atoms with Crippen molar-refractivity contribution >= 4 is 43.1 Å². The first kappa shape index (κ1) is 31.4. The smallest absolute Gasteiger partial charge is 0.481 e. The van der Waals surface area contributed by atoms with Crippen molar-refractivity contribution in [3.05, 3.63) is 0 Å². The van der Waals surface area contributed by atoms with Gasteiger partial charge in [0.05, 0.1) is 25.7 Å². The van der Waals surface area contributed by atoms with Crippen molar-refractivity contribution in [3.8, 4) is 0 Å². The Bertz CT molecular complexity index is 554. The lowest BCUT2D eigenvalue weighted by molar-refractivity contribution is -0.170. The van der Waals surface area contributed by atoms with Crippen LogP contribution < -0.4 is 0 Å². The highest BCUT2D eigenvalue weighted by Gasteiger charge is 2.41. The summed E-state index contributed by atoms with van der Waals surface area (Å²) in [5.41, 5.74) is -5.48. The molecule has 0 fully saturated rings. The second-order valence-electron chi connectivity index (χ2n) is 5.30. The largest absolute Gasteiger partial charge is 0.631 e. The maximum absolute atomic E-state index is 10.3. The predicted octanol–water partition coefficient (Wildman–Crippen LogP) is -4.55. The van der Waals surface area contributed by atoms with Crippen molar-refractivity contribution in [1.82, 2.24) is 0 Å². The van der Waals surface area contributed by atoms with E-state index in [9.17, 15) is 28.8 Å². The maximum atomic E-state index is 10.3. The number of aliphatic hydroxyl groups is 2. The van der Waals surface area contributed by atoms with Crippen LogP contribution in [-0.4, -0.2) is 110 Å². The molecule has 0 aliphatic rings. The van der Waals surface area contributed by atoms with E-state index in [0.717, 1.165) is 0 Å². The van der Waals surface area contributed by atoms with Crippen molar-refractivity contribution in [2.75, 3.05) is 0 Å². The third-order valence-corrected chi connectivity index (χ3v) is 2.57. The lowest BCUT2D eigenvalue weighted by Crippen LogP contribution is -2.42. The van der Waals surface area contributed by atoms with Gasteiger partial charge in [-0.2, -0.15) is 0 Å². The van der Waals surface area contributed by atoms with Gasteiger partial charge in [-0.15, -0.1) is 0 Å². The molecule has 11 N–H and O–H groups in total. The van der Waals surface area contributed by atoms with Crippen molar-refractivity contribution in [2.45, 2.75) is 36.9 Å². The third kappa shape index (κ3) is 16.8. The fraction of sp³-hybridized carbons (Fsp3) is 0.500. The Morgan fingerprint density at radius 2 is 0.633 bits per heavy atom. The van der Waals surface area contributed by atoms with Gasteiger partial charge in [-0.3, -0.25) is 19.2 Å². The summed E-state index contributed by atoms with van der Waals surface area (Å²) < 4.78 is 0. The van der Waals surface area contributed by atoms with Gasteiger partial charge in [0, 0.05) is 0 Å². The van der Waals surface area contributed by atoms with E-state index in [1.807, 2.05) is 0 Å². The Hall–Kier alpha value is -3.32. The van der Waals surface area contributed by atoms with Gasteiger partial charge in [0.2, 0.25) is 0 Å². The van der Waals surface area contributed by atoms with Gasteiger partial charge in [0.1, 0.15) is 0 Å². The van der Waals surface area contributed by atoms with Gasteiger partial charge in [0.15, 0.2) is 11.2 Å². The number of hydrogen-bond donors (Lipinski definition) is 11. The number of carboxylic acids is 6. The summed E-state index contributed by atoms with van der Waals surface area (Å²) in [6, 6.07) is 0. The lowest BCUT2D eigenvalue weighted by Gasteiger charge is -2.18. The molecule has 0 aromatic heterocycles. The summed E-state index contributed by atoms with van der Waals surface area (Å²) in [7, 11) is -2.17. The Morgan fingerprint density at radius 1 is 0.500 bits per heavy atom. The molecule has 0 rings (SSSR count). The monoisotopic (exact) mass is 446 g/mol. The van der Waals surface area contributed by atoms with Crippen molar-refractivity contribution in [1.29, 1.82) is 0 Å². The SMILES string of the molecule is O=C(O)CC(O)(CC(=O)O)C(=O)O.O=C(O)CC(O)(CC(=O)O)C(=O)O.OB(O)O. The number of hydrogen-bond acceptors (Lipinski definition) is 11. The van der Waals surface area contributed by atoms with Crippen molar-refractivity contribution in [2.24, 2.45) is 0 Å². The zero-order valence-electron chi connectivity index (χ0n) is 14.8. The summed E-state index contributed by atoms with van der Waals surface area (Å²) in [6.07, 6.45) is -4.58. The lowest BCUT2D eigenvalue weighted by atomic mass is 9.96. The molecular formula is C12H19BO17. The molecule has 0 saturated carbocycles. The van der Waals surface area contributed by atoms with Gasteiger partial charge in [0.25, 0.3) is 0 Å². The summed E-state index contributed by atoms with van der Waals surface area (Å²) in [5.74, 6) is -10.0. The maximum Gasteiger partial charge on any atom is 0.631 e. The molecule has 0 atom stereocenters. The van der Waals surface area contributed by atoms with Crippen LogP contribution in [0.4, 0.5) is 0 Å². The highest BCUT2D eigenvalue weighted by Crippen LogP contribution is 2.16. The van der Waals surface area contributed by atoms with E-state index in [4.69, 9.17) is 55.9 Å². The van der Waals surface area contributed by atoms with Crippen molar-refractivity contribution in [3.63, 3.8) is 0 Å². The predicted molar refractivity (Wildman–Crippen MR) is 86.6 cm³/mol. The molecule has 30 heavy (non-hydrogen) atoms. The van der Waals surface area contributed by atoms with Gasteiger partial charge in [-0.1, -0.05) is 0 Å². The Kier molecular flexibility index (Phi) is 14.4. The fourth-order valence-electron chi connectivity index (χ4n) is 1.43. The molecular weight excluding hydrogens is 427 g/mol. The summed E-state index contributed by atoms with van der Waals surface area (Å²) in [6.45, 7) is 0. The van der Waals surface area contributed by atoms with E-state index >= 15 is 0 Å². The molecule has 0 aromatic carbocycles. The van der Waals surface area contributed by atoms with Crippen LogP contribution in [-0.2, 0) is 28.8 Å². The van der Waals surface area contributed by atoms with Gasteiger partial charge in [-0.05, 0) is 0 Å². The molecule has 18 heteroatoms. The van der Waals surface area contributed by atoms with Crippen LogP contribution >= 0.6 is 0 Å². The van der Waals surface area contributed by atoms with Crippen LogP contribution in [0.15, 0.2) is 0 Å². The minimum absolute atomic E-state index is 1.14. The molecule has 0 bridgehead atoms. The third-order valence-electron chi connectivity index (χ3n) is 2.57. The van der Waals surface area contributed by atoms with Crippen LogP contribution in [0.2, 0.25) is 0 Å². The van der Waals surface area contributed by atoms with Crippen LogP contribution in [0.3, 0.4) is 0 Å². The number of carboxylic acid groups (broad SMARTS) is 6. The van der Waals surface area contributed by atoms with Gasteiger partial charge in [-0.25, -0.2) is 9.59 Å². The van der Waals surface area contributed by atoms with E-state index in [1.54, 1.807) is 0 Å². The molecule has 0 radical (unpaired) electrons. The highest BCUT2D eigenvalue weighted by molar-refractivity contribution is 6.30. The van der Waals surface area contributed by atoms with Crippen LogP contribution in [0, 0.1) is 0 Å². The van der Waals surface area contributed by atoms with E-state index in [2.05, 4.69) is 0 Å². The average molecular weight is 446 g/mol. The standard InChI is InChI=1S/2C6H8O7.BH3O3/c2*7-3(8)1-6(13,5(11)12)2-4(9)10;2-1(3)4/h2*13H,1-2H2,(H,7,8)(H,9,10)(H,11,12);2-4H. The van der Waals surface area contributed by atoms with E-state index in [1.165, 1.54) is 0 Å². The first-order chi connectivity index (χ1) is 13.3. The number of aliphatic carboxylic acids is 6. The second-order valence-corrected chi connectivity index (χ2v) is 5.30. The average Bonchev–Trinajstić information content (AvgIpc) is 2.43. The summed E-state index contributed by atoms with van der Waals surface area (Å²) in [5, 5.41) is 89.1. The Labute approximate surface area is 165 Å². The molecule has 17 nitrogen and oxygen atoms in total. The molecule has 0 spiro atoms. The zero-order valence-corrected chi connectivity index (χ0v) is 14.8. The summed E-state index contributed by atoms with van der Waals surface area (Å²) in [4.78, 5) is 61.0. The fourth-order valence-corrected chi connectivity index (χ4v) is 1.43. The van der Waals surface area contributed by atoms with E-state index in [0.29, 0.717) is 0 Å². The van der Waals surface area contributed by atoms with E-state index < -0.39 is 80.0 Å². The van der Waals surface area contributed by atoms with Gasteiger partial charge < -0.3 is 55.9 Å². The first-order valence-corrected chi connectivity index (χ1v) is 7.12. The normalized spacial score (nSPS) is 10.3. The minimum Gasteiger partial charge on any atom is -0.481 e. The van der Waals surface area contributed by atoms with E-state index in [-0.39, 0.29) is 0 Å². The molecule has 0 aliphatic carbocycles. The molecule has 0 unspecified atom stereocenters. The van der Waals surface area contributed by atoms with Crippen LogP contribution in [0.25, 0.3) is 0 Å². The van der Waals surface area contributed by atoms with Crippen LogP contribution in [0.1, 0.15) is 25.7 Å². The molecule has 0 saturated heterocycles. The molecule has 0 amide bonds. The Morgan fingerprint density at radius 3 is 0.700 bits per heavy atom. The molecule has 0 aliphatic heterocycles. The topological polar surface area (TPSA) is 325 Å². The Balaban J connectivity index is -0.000000412. The van der Waals surface area contributed by atoms with Crippen molar-refractivity contribution < 1.29 is 84.7 Å². The zero-order chi connectivity index (χ0) is 24.9. The second kappa shape index (κ2) is 13.8. The first-order valence-electron chi connectivity index (χ1n) is 7.12. The molecule has 0 heterocycles. The summed E-state index contributed by atoms with van der Waals surface area (Å²) >= 11 is 0. The quantitative estimate of drug-likeness (QED) is 0.141.